The number of nitrogens with zero attached hydrogens (tertiary/aromatic N) is 5. The van der Waals surface area contributed by atoms with Gasteiger partial charge in [-0.25, -0.2) is 0 Å². The fourth-order valence-corrected chi connectivity index (χ4v) is 4.44. The molecule has 1 saturated heterocycles. The highest BCUT2D eigenvalue weighted by Crippen LogP contribution is 2.40. The maximum Gasteiger partial charge on any atom is 0.226 e. The van der Waals surface area contributed by atoms with Gasteiger partial charge in [0.05, 0.1) is 25.0 Å². The van der Waals surface area contributed by atoms with Gasteiger partial charge < -0.3 is 19.7 Å². The number of aryl methyl sites for hydroxylation is 1. The van der Waals surface area contributed by atoms with Crippen molar-refractivity contribution < 1.29 is 14.3 Å². The molecule has 2 aliphatic rings. The van der Waals surface area contributed by atoms with E-state index in [9.17, 15) is 4.79 Å². The second-order valence-corrected chi connectivity index (χ2v) is 8.65. The molecule has 0 aliphatic carbocycles. The standard InChI is InChI=1S/C24H28N6O3/c1-15(2)33-18-6-4-17(5-7-18)19-14-22(31)25-24-23(19)16(3)28-30(24)21-9-8-20(26-27-21)29-10-12-32-13-11-29/h4-9,15,19H,10-14H2,1-3H3,(H,25,31)/t19-/m1/s1. The Morgan fingerprint density at radius 2 is 1.76 bits per heavy atom. The molecule has 172 valence electrons. The molecule has 1 fully saturated rings. The minimum atomic E-state index is -0.0869. The number of ether oxygens (including phenoxy) is 2. The summed E-state index contributed by atoms with van der Waals surface area (Å²) in [5.74, 6) is 2.72. The number of benzene rings is 1. The van der Waals surface area contributed by atoms with E-state index in [1.165, 1.54) is 0 Å². The molecule has 1 amide bonds. The van der Waals surface area contributed by atoms with Crippen molar-refractivity contribution in [1.82, 2.24) is 20.0 Å². The minimum absolute atomic E-state index is 0.0472. The lowest BCUT2D eigenvalue weighted by Crippen LogP contribution is -2.36. The Balaban J connectivity index is 1.46. The van der Waals surface area contributed by atoms with Gasteiger partial charge in [-0.3, -0.25) is 4.79 Å². The zero-order valence-electron chi connectivity index (χ0n) is 19.1. The summed E-state index contributed by atoms with van der Waals surface area (Å²) in [6.45, 7) is 8.93. The van der Waals surface area contributed by atoms with Crippen molar-refractivity contribution in [3.05, 3.63) is 53.2 Å². The first-order valence-corrected chi connectivity index (χ1v) is 11.3. The van der Waals surface area contributed by atoms with Gasteiger partial charge in [-0.2, -0.15) is 9.78 Å². The largest absolute Gasteiger partial charge is 0.491 e. The third-order valence-corrected chi connectivity index (χ3v) is 5.95. The number of nitrogens with one attached hydrogen (secondary N) is 1. The Morgan fingerprint density at radius 1 is 1.06 bits per heavy atom. The first kappa shape index (κ1) is 21.4. The summed E-state index contributed by atoms with van der Waals surface area (Å²) in [5.41, 5.74) is 2.92. The smallest absolute Gasteiger partial charge is 0.226 e. The highest BCUT2D eigenvalue weighted by Gasteiger charge is 2.33. The molecule has 2 aliphatic heterocycles. The highest BCUT2D eigenvalue weighted by molar-refractivity contribution is 5.95. The van der Waals surface area contributed by atoms with E-state index in [0.29, 0.717) is 31.3 Å². The summed E-state index contributed by atoms with van der Waals surface area (Å²) >= 11 is 0. The highest BCUT2D eigenvalue weighted by atomic mass is 16.5. The predicted molar refractivity (Wildman–Crippen MR) is 124 cm³/mol. The van der Waals surface area contributed by atoms with Crippen LogP contribution in [0.3, 0.4) is 0 Å². The normalized spacial score (nSPS) is 18.2. The van der Waals surface area contributed by atoms with Gasteiger partial charge in [-0.1, -0.05) is 12.1 Å². The molecule has 0 unspecified atom stereocenters. The Hall–Kier alpha value is -3.46. The van der Waals surface area contributed by atoms with Gasteiger partial charge in [0, 0.05) is 31.0 Å². The topological polar surface area (TPSA) is 94.4 Å². The van der Waals surface area contributed by atoms with Crippen LogP contribution in [0.4, 0.5) is 11.6 Å². The average Bonchev–Trinajstić information content (AvgIpc) is 3.15. The average molecular weight is 449 g/mol. The molecule has 33 heavy (non-hydrogen) atoms. The van der Waals surface area contributed by atoms with Gasteiger partial charge in [0.15, 0.2) is 11.6 Å². The van der Waals surface area contributed by atoms with E-state index in [1.807, 2.05) is 57.2 Å². The molecule has 0 radical (unpaired) electrons. The van der Waals surface area contributed by atoms with Crippen LogP contribution in [0.5, 0.6) is 5.75 Å². The molecule has 1 atom stereocenters. The van der Waals surface area contributed by atoms with Crippen LogP contribution in [0.25, 0.3) is 5.82 Å². The molecule has 9 heteroatoms. The summed E-state index contributed by atoms with van der Waals surface area (Å²) in [6, 6.07) is 11.8. The number of carbonyl (C=O) groups excluding carboxylic acids is 1. The molecule has 1 N–H and O–H groups in total. The Kier molecular flexibility index (Phi) is 5.72. The molecule has 1 aromatic carbocycles. The Bertz CT molecular complexity index is 1130. The van der Waals surface area contributed by atoms with Crippen molar-refractivity contribution in [2.45, 2.75) is 39.2 Å². The summed E-state index contributed by atoms with van der Waals surface area (Å²) in [4.78, 5) is 14.8. The third-order valence-electron chi connectivity index (χ3n) is 5.95. The number of aromatic nitrogens is 4. The van der Waals surface area contributed by atoms with Crippen LogP contribution >= 0.6 is 0 Å². The van der Waals surface area contributed by atoms with E-state index in [4.69, 9.17) is 14.6 Å². The number of amides is 1. The fraction of sp³-hybridized carbons (Fsp3) is 0.417. The third kappa shape index (κ3) is 4.28. The molecule has 0 spiro atoms. The molecule has 0 bridgehead atoms. The van der Waals surface area contributed by atoms with Gasteiger partial charge in [-0.15, -0.1) is 10.2 Å². The lowest BCUT2D eigenvalue weighted by atomic mass is 9.86. The fourth-order valence-electron chi connectivity index (χ4n) is 4.44. The van der Waals surface area contributed by atoms with E-state index in [0.717, 1.165) is 41.5 Å². The number of anilines is 2. The number of hydrogen-bond acceptors (Lipinski definition) is 7. The van der Waals surface area contributed by atoms with E-state index in [-0.39, 0.29) is 17.9 Å². The molecule has 0 saturated carbocycles. The van der Waals surface area contributed by atoms with Crippen molar-refractivity contribution >= 4 is 17.5 Å². The zero-order valence-corrected chi connectivity index (χ0v) is 19.1. The van der Waals surface area contributed by atoms with Gasteiger partial charge >= 0.3 is 0 Å². The second-order valence-electron chi connectivity index (χ2n) is 8.65. The first-order chi connectivity index (χ1) is 16.0. The monoisotopic (exact) mass is 448 g/mol. The van der Waals surface area contributed by atoms with E-state index in [2.05, 4.69) is 20.4 Å². The van der Waals surface area contributed by atoms with Crippen LogP contribution < -0.4 is 15.0 Å². The Labute approximate surface area is 192 Å². The molecule has 9 nitrogen and oxygen atoms in total. The van der Waals surface area contributed by atoms with Crippen LogP contribution in [0.2, 0.25) is 0 Å². The van der Waals surface area contributed by atoms with E-state index < -0.39 is 0 Å². The number of carbonyl (C=O) groups is 1. The van der Waals surface area contributed by atoms with Crippen molar-refractivity contribution in [3.8, 4) is 11.6 Å². The minimum Gasteiger partial charge on any atom is -0.491 e. The van der Waals surface area contributed by atoms with Crippen molar-refractivity contribution in [3.63, 3.8) is 0 Å². The maximum atomic E-state index is 12.6. The van der Waals surface area contributed by atoms with Crippen LogP contribution in [0.1, 0.15) is 43.0 Å². The lowest BCUT2D eigenvalue weighted by molar-refractivity contribution is -0.116. The van der Waals surface area contributed by atoms with E-state index >= 15 is 0 Å². The van der Waals surface area contributed by atoms with Gasteiger partial charge in [-0.05, 0) is 50.6 Å². The summed E-state index contributed by atoms with van der Waals surface area (Å²) in [6.07, 6.45) is 0.477. The van der Waals surface area contributed by atoms with Crippen molar-refractivity contribution in [2.24, 2.45) is 0 Å². The number of fused-ring (bicyclic) bond motifs is 1. The lowest BCUT2D eigenvalue weighted by Gasteiger charge is -2.27. The maximum absolute atomic E-state index is 12.6. The van der Waals surface area contributed by atoms with Crippen LogP contribution in [-0.4, -0.2) is 58.3 Å². The molecule has 3 aromatic rings. The number of morpholine rings is 1. The zero-order chi connectivity index (χ0) is 22.9. The van der Waals surface area contributed by atoms with Crippen LogP contribution in [0, 0.1) is 6.92 Å². The molecule has 4 heterocycles. The number of rotatable bonds is 5. The molecule has 2 aromatic heterocycles. The second kappa shape index (κ2) is 8.82. The van der Waals surface area contributed by atoms with Crippen LogP contribution in [0.15, 0.2) is 36.4 Å². The summed E-state index contributed by atoms with van der Waals surface area (Å²) < 4.78 is 12.9. The Morgan fingerprint density at radius 3 is 2.42 bits per heavy atom. The quantitative estimate of drug-likeness (QED) is 0.641. The van der Waals surface area contributed by atoms with Crippen molar-refractivity contribution in [1.29, 1.82) is 0 Å². The predicted octanol–water partition coefficient (Wildman–Crippen LogP) is 3.07. The van der Waals surface area contributed by atoms with Gasteiger partial charge in [0.25, 0.3) is 0 Å². The molecular weight excluding hydrogens is 420 g/mol. The van der Waals surface area contributed by atoms with Gasteiger partial charge in [0.2, 0.25) is 5.91 Å². The SMILES string of the molecule is Cc1nn(-c2ccc(N3CCOCC3)nn2)c2c1[C@@H](c1ccc(OC(C)C)cc1)CC(=O)N2. The first-order valence-electron chi connectivity index (χ1n) is 11.3. The van der Waals surface area contributed by atoms with Crippen LogP contribution in [-0.2, 0) is 9.53 Å². The molecule has 5 rings (SSSR count). The summed E-state index contributed by atoms with van der Waals surface area (Å²) in [5, 5.41) is 16.5. The van der Waals surface area contributed by atoms with E-state index in [1.54, 1.807) is 4.68 Å². The summed E-state index contributed by atoms with van der Waals surface area (Å²) in [7, 11) is 0. The molecular formula is C24H28N6O3. The number of hydrogen-bond donors (Lipinski definition) is 1. The van der Waals surface area contributed by atoms with Gasteiger partial charge in [0.1, 0.15) is 11.6 Å². The van der Waals surface area contributed by atoms with Crippen molar-refractivity contribution in [2.75, 3.05) is 36.5 Å².